The molecule has 0 radical (unpaired) electrons. The molecule has 0 aliphatic carbocycles. The third-order valence-corrected chi connectivity index (χ3v) is 6.07. The van der Waals surface area contributed by atoms with Gasteiger partial charge in [0.05, 0.1) is 10.9 Å². The summed E-state index contributed by atoms with van der Waals surface area (Å²) in [6.45, 7) is 17.4. The smallest absolute Gasteiger partial charge is 0.207 e. The van der Waals surface area contributed by atoms with Crippen LogP contribution in [0, 0.1) is 26.7 Å². The molecular formula is C20H29NO2S. The Labute approximate surface area is 147 Å². The molecule has 0 aliphatic heterocycles. The molecule has 0 N–H and O–H groups in total. The van der Waals surface area contributed by atoms with Gasteiger partial charge in [-0.05, 0) is 50.3 Å². The first-order valence-corrected chi connectivity index (χ1v) is 9.65. The highest BCUT2D eigenvalue weighted by molar-refractivity contribution is 7.89. The number of rotatable bonds is 8. The van der Waals surface area contributed by atoms with Crippen molar-refractivity contribution in [1.82, 2.24) is 4.31 Å². The van der Waals surface area contributed by atoms with E-state index >= 15 is 0 Å². The zero-order valence-corrected chi connectivity index (χ0v) is 16.3. The van der Waals surface area contributed by atoms with Crippen LogP contribution in [0.4, 0.5) is 0 Å². The summed E-state index contributed by atoms with van der Waals surface area (Å²) >= 11 is 0. The van der Waals surface area contributed by atoms with Crippen LogP contribution in [0.5, 0.6) is 0 Å². The molecule has 132 valence electrons. The first-order valence-electron chi connectivity index (χ1n) is 8.21. The van der Waals surface area contributed by atoms with Crippen LogP contribution in [0.15, 0.2) is 48.1 Å². The highest BCUT2D eigenvalue weighted by Gasteiger charge is 2.32. The minimum atomic E-state index is -3.65. The molecular weight excluding hydrogens is 318 g/mol. The van der Waals surface area contributed by atoms with Gasteiger partial charge in [-0.25, -0.2) is 8.42 Å². The molecule has 3 nitrogen and oxygen atoms in total. The van der Waals surface area contributed by atoms with E-state index in [1.54, 1.807) is 12.2 Å². The molecule has 0 bridgehead atoms. The molecule has 4 heteroatoms. The van der Waals surface area contributed by atoms with Crippen LogP contribution in [0.25, 0.3) is 0 Å². The summed E-state index contributed by atoms with van der Waals surface area (Å²) in [4.78, 5) is 0.390. The van der Waals surface area contributed by atoms with Crippen molar-refractivity contribution in [3.8, 4) is 0 Å². The lowest BCUT2D eigenvalue weighted by Crippen LogP contribution is -2.40. The van der Waals surface area contributed by atoms with Crippen LogP contribution in [0.2, 0.25) is 0 Å². The molecule has 24 heavy (non-hydrogen) atoms. The van der Waals surface area contributed by atoms with Crippen molar-refractivity contribution < 1.29 is 8.42 Å². The minimum Gasteiger partial charge on any atom is -0.207 e. The van der Waals surface area contributed by atoms with E-state index in [2.05, 4.69) is 32.7 Å². The van der Waals surface area contributed by atoms with E-state index in [9.17, 15) is 8.42 Å². The number of aryl methyl sites for hydroxylation is 3. The Hall–Kier alpha value is -1.61. The number of benzene rings is 1. The molecule has 0 amide bonds. The molecule has 0 aromatic heterocycles. The average Bonchev–Trinajstić information content (AvgIpc) is 2.42. The van der Waals surface area contributed by atoms with Crippen LogP contribution in [-0.4, -0.2) is 25.3 Å². The zero-order chi connectivity index (χ0) is 18.5. The Bertz CT molecular complexity index is 718. The second kappa shape index (κ2) is 8.48. The molecule has 0 spiro atoms. The maximum absolute atomic E-state index is 13.4. The van der Waals surface area contributed by atoms with Crippen LogP contribution in [0.3, 0.4) is 0 Å². The van der Waals surface area contributed by atoms with E-state index in [1.165, 1.54) is 4.31 Å². The van der Waals surface area contributed by atoms with Gasteiger partial charge < -0.3 is 0 Å². The molecule has 1 aromatic carbocycles. The van der Waals surface area contributed by atoms with Gasteiger partial charge >= 0.3 is 0 Å². The number of sulfonamides is 1. The molecule has 0 saturated carbocycles. The molecule has 0 saturated heterocycles. The Morgan fingerprint density at radius 3 is 2.17 bits per heavy atom. The van der Waals surface area contributed by atoms with Gasteiger partial charge in [0.2, 0.25) is 10.0 Å². The molecule has 1 aromatic rings. The van der Waals surface area contributed by atoms with Crippen molar-refractivity contribution in [3.63, 3.8) is 0 Å². The van der Waals surface area contributed by atoms with Crippen molar-refractivity contribution in [3.05, 3.63) is 59.9 Å². The summed E-state index contributed by atoms with van der Waals surface area (Å²) < 4.78 is 28.3. The fraction of sp³-hybridized carbons (Fsp3) is 0.450. The maximum atomic E-state index is 13.4. The Morgan fingerprint density at radius 2 is 1.75 bits per heavy atom. The lowest BCUT2D eigenvalue weighted by molar-refractivity contribution is 0.344. The molecule has 0 unspecified atom stereocenters. The standard InChI is InChI=1S/C20H29NO2S/c1-8-10-19(12-15(3)4)21(11-9-2)24(22,23)20-17(6)13-16(5)14-18(20)7/h9-10,13-15,19H,1-2,11-12H2,3-7H3/t19-/m1/s1. The molecule has 0 aliphatic rings. The highest BCUT2D eigenvalue weighted by Crippen LogP contribution is 2.28. The van der Waals surface area contributed by atoms with Crippen molar-refractivity contribution in [2.45, 2.75) is 52.0 Å². The van der Waals surface area contributed by atoms with Crippen LogP contribution in [0.1, 0.15) is 37.0 Å². The Morgan fingerprint density at radius 1 is 1.21 bits per heavy atom. The van der Waals surface area contributed by atoms with Gasteiger partial charge in [0.15, 0.2) is 0 Å². The summed E-state index contributed by atoms with van der Waals surface area (Å²) in [5.41, 5.74) is 5.36. The monoisotopic (exact) mass is 347 g/mol. The van der Waals surface area contributed by atoms with Crippen molar-refractivity contribution in [1.29, 1.82) is 0 Å². The van der Waals surface area contributed by atoms with Gasteiger partial charge in [0.1, 0.15) is 0 Å². The van der Waals surface area contributed by atoms with E-state index in [1.807, 2.05) is 32.9 Å². The van der Waals surface area contributed by atoms with Gasteiger partial charge in [-0.15, -0.1) is 12.3 Å². The maximum Gasteiger partial charge on any atom is 0.244 e. The third kappa shape index (κ3) is 4.70. The minimum absolute atomic E-state index is 0.255. The van der Waals surface area contributed by atoms with E-state index in [4.69, 9.17) is 0 Å². The molecule has 1 rings (SSSR count). The van der Waals surface area contributed by atoms with Gasteiger partial charge in [0.25, 0.3) is 0 Å². The predicted molar refractivity (Wildman–Crippen MR) is 102 cm³/mol. The second-order valence-corrected chi connectivity index (χ2v) is 8.49. The Balaban J connectivity index is 3.52. The first-order chi connectivity index (χ1) is 11.1. The average molecular weight is 348 g/mol. The van der Waals surface area contributed by atoms with E-state index in [0.717, 1.165) is 16.7 Å². The summed E-state index contributed by atoms with van der Waals surface area (Å²) in [7, 11) is -3.65. The lowest BCUT2D eigenvalue weighted by atomic mass is 10.0. The summed E-state index contributed by atoms with van der Waals surface area (Å²) in [6, 6.07) is 3.53. The lowest BCUT2D eigenvalue weighted by Gasteiger charge is -2.30. The SMILES string of the molecule is C=C=C[C@H](CC(C)C)N(CC=C)S(=O)(=O)c1c(C)cc(C)cc1C. The van der Waals surface area contributed by atoms with Gasteiger partial charge in [0, 0.05) is 6.54 Å². The van der Waals surface area contributed by atoms with E-state index < -0.39 is 10.0 Å². The molecule has 0 heterocycles. The normalized spacial score (nSPS) is 13.0. The van der Waals surface area contributed by atoms with Gasteiger partial charge in [-0.3, -0.25) is 0 Å². The highest BCUT2D eigenvalue weighted by atomic mass is 32.2. The number of hydrogen-bond acceptors (Lipinski definition) is 2. The summed E-state index contributed by atoms with van der Waals surface area (Å²) in [5, 5.41) is 0. The fourth-order valence-electron chi connectivity index (χ4n) is 3.12. The number of hydrogen-bond donors (Lipinski definition) is 0. The van der Waals surface area contributed by atoms with Crippen molar-refractivity contribution >= 4 is 10.0 Å². The molecule has 0 fully saturated rings. The van der Waals surface area contributed by atoms with Gasteiger partial charge in [-0.2, -0.15) is 4.31 Å². The molecule has 1 atom stereocenters. The largest absolute Gasteiger partial charge is 0.244 e. The fourth-order valence-corrected chi connectivity index (χ4v) is 5.09. The van der Waals surface area contributed by atoms with E-state index in [0.29, 0.717) is 17.2 Å². The quantitative estimate of drug-likeness (QED) is 0.511. The Kier molecular flexibility index (Phi) is 7.22. The van der Waals surface area contributed by atoms with E-state index in [-0.39, 0.29) is 12.6 Å². The predicted octanol–water partition coefficient (Wildman–Crippen LogP) is 4.54. The summed E-state index contributed by atoms with van der Waals surface area (Å²) in [6.07, 6.45) is 4.07. The summed E-state index contributed by atoms with van der Waals surface area (Å²) in [5.74, 6) is 0.349. The van der Waals surface area contributed by atoms with Crippen molar-refractivity contribution in [2.75, 3.05) is 6.54 Å². The zero-order valence-electron chi connectivity index (χ0n) is 15.5. The topological polar surface area (TPSA) is 37.4 Å². The number of nitrogens with zero attached hydrogens (tertiary/aromatic N) is 1. The van der Waals surface area contributed by atoms with Crippen LogP contribution < -0.4 is 0 Å². The van der Waals surface area contributed by atoms with Crippen LogP contribution >= 0.6 is 0 Å². The second-order valence-electron chi connectivity index (χ2n) is 6.66. The first kappa shape index (κ1) is 20.4. The van der Waals surface area contributed by atoms with Crippen LogP contribution in [-0.2, 0) is 10.0 Å². The van der Waals surface area contributed by atoms with Crippen molar-refractivity contribution in [2.24, 2.45) is 5.92 Å². The third-order valence-electron chi connectivity index (χ3n) is 3.87. The van der Waals surface area contributed by atoms with Gasteiger partial charge in [-0.1, -0.05) is 44.2 Å².